The number of piperidine rings is 1. The molecule has 1 unspecified atom stereocenters. The molecule has 0 aliphatic carbocycles. The standard InChI is InChI=1S/C19H30N2O.ClH/c1-3-7-18(11-10-16-8-5-4-6-9-16)21-19(22)17-12-13-20-15(2)14-17;/h4-6,8-9,15,17-18,20H,3,7,10-14H2,1-2H3,(H,21,22);1H/t15-,17-,18?;/m0./s1. The summed E-state index contributed by atoms with van der Waals surface area (Å²) in [6.07, 6.45) is 6.18. The van der Waals surface area contributed by atoms with Crippen LogP contribution < -0.4 is 10.6 Å². The van der Waals surface area contributed by atoms with Crippen LogP contribution in [0.25, 0.3) is 0 Å². The van der Waals surface area contributed by atoms with Crippen LogP contribution in [0.15, 0.2) is 30.3 Å². The van der Waals surface area contributed by atoms with Crippen LogP contribution >= 0.6 is 12.4 Å². The number of hydrogen-bond donors (Lipinski definition) is 2. The zero-order chi connectivity index (χ0) is 15.8. The lowest BCUT2D eigenvalue weighted by molar-refractivity contribution is -0.126. The second kappa shape index (κ2) is 10.7. The van der Waals surface area contributed by atoms with E-state index in [0.717, 1.165) is 45.1 Å². The van der Waals surface area contributed by atoms with Gasteiger partial charge in [0.15, 0.2) is 0 Å². The maximum Gasteiger partial charge on any atom is 0.223 e. The summed E-state index contributed by atoms with van der Waals surface area (Å²) in [6, 6.07) is 11.3. The van der Waals surface area contributed by atoms with Crippen LogP contribution in [0.5, 0.6) is 0 Å². The van der Waals surface area contributed by atoms with Crippen molar-refractivity contribution in [3.8, 4) is 0 Å². The molecule has 130 valence electrons. The second-order valence-electron chi connectivity index (χ2n) is 6.59. The summed E-state index contributed by atoms with van der Waals surface area (Å²) >= 11 is 0. The van der Waals surface area contributed by atoms with Crippen LogP contribution in [0.3, 0.4) is 0 Å². The van der Waals surface area contributed by atoms with E-state index >= 15 is 0 Å². The molecule has 0 saturated carbocycles. The van der Waals surface area contributed by atoms with Gasteiger partial charge in [-0.25, -0.2) is 0 Å². The van der Waals surface area contributed by atoms with Crippen molar-refractivity contribution in [3.63, 3.8) is 0 Å². The molecule has 1 amide bonds. The fraction of sp³-hybridized carbons (Fsp3) is 0.632. The fourth-order valence-corrected chi connectivity index (χ4v) is 3.31. The van der Waals surface area contributed by atoms with Crippen LogP contribution in [0.2, 0.25) is 0 Å². The van der Waals surface area contributed by atoms with Crippen LogP contribution in [-0.2, 0) is 11.2 Å². The molecule has 3 atom stereocenters. The van der Waals surface area contributed by atoms with Gasteiger partial charge in [-0.1, -0.05) is 43.7 Å². The molecule has 1 aliphatic rings. The van der Waals surface area contributed by atoms with Gasteiger partial charge in [0.1, 0.15) is 0 Å². The number of amides is 1. The molecular formula is C19H31ClN2O. The zero-order valence-electron chi connectivity index (χ0n) is 14.4. The molecule has 1 aromatic carbocycles. The first kappa shape index (κ1) is 20.0. The van der Waals surface area contributed by atoms with Crippen molar-refractivity contribution in [2.24, 2.45) is 5.92 Å². The molecule has 2 N–H and O–H groups in total. The summed E-state index contributed by atoms with van der Waals surface area (Å²) in [6.45, 7) is 5.31. The molecule has 1 heterocycles. The third kappa shape index (κ3) is 6.92. The summed E-state index contributed by atoms with van der Waals surface area (Å²) in [4.78, 5) is 12.5. The Morgan fingerprint density at radius 3 is 2.70 bits per heavy atom. The Balaban J connectivity index is 0.00000264. The van der Waals surface area contributed by atoms with Gasteiger partial charge >= 0.3 is 0 Å². The summed E-state index contributed by atoms with van der Waals surface area (Å²) in [5.41, 5.74) is 1.35. The minimum Gasteiger partial charge on any atom is -0.353 e. The molecule has 1 aromatic rings. The molecule has 1 aliphatic heterocycles. The lowest BCUT2D eigenvalue weighted by atomic mass is 9.91. The molecular weight excluding hydrogens is 308 g/mol. The van der Waals surface area contributed by atoms with Crippen LogP contribution in [0, 0.1) is 5.92 Å². The van der Waals surface area contributed by atoms with E-state index < -0.39 is 0 Å². The number of halogens is 1. The smallest absolute Gasteiger partial charge is 0.223 e. The molecule has 0 radical (unpaired) electrons. The van der Waals surface area contributed by atoms with Crippen molar-refractivity contribution in [3.05, 3.63) is 35.9 Å². The highest BCUT2D eigenvalue weighted by Gasteiger charge is 2.26. The molecule has 4 heteroatoms. The average Bonchev–Trinajstić information content (AvgIpc) is 2.54. The molecule has 23 heavy (non-hydrogen) atoms. The molecule has 0 spiro atoms. The maximum absolute atomic E-state index is 12.5. The minimum atomic E-state index is 0. The number of carbonyl (C=O) groups excluding carboxylic acids is 1. The highest BCUT2D eigenvalue weighted by Crippen LogP contribution is 2.17. The largest absolute Gasteiger partial charge is 0.353 e. The number of nitrogens with one attached hydrogen (secondary N) is 2. The number of hydrogen-bond acceptors (Lipinski definition) is 2. The van der Waals surface area contributed by atoms with Gasteiger partial charge in [-0.2, -0.15) is 0 Å². The van der Waals surface area contributed by atoms with Gasteiger partial charge in [0.25, 0.3) is 0 Å². The lowest BCUT2D eigenvalue weighted by Gasteiger charge is -2.29. The summed E-state index contributed by atoms with van der Waals surface area (Å²) in [5, 5.41) is 6.72. The summed E-state index contributed by atoms with van der Waals surface area (Å²) in [7, 11) is 0. The molecule has 3 nitrogen and oxygen atoms in total. The number of carbonyl (C=O) groups is 1. The predicted octanol–water partition coefficient (Wildman–Crippen LogP) is 3.71. The SMILES string of the molecule is CCCC(CCc1ccccc1)NC(=O)[C@H]1CCN[C@@H](C)C1.Cl. The summed E-state index contributed by atoms with van der Waals surface area (Å²) in [5.74, 6) is 0.451. The monoisotopic (exact) mass is 338 g/mol. The lowest BCUT2D eigenvalue weighted by Crippen LogP contribution is -2.45. The van der Waals surface area contributed by atoms with E-state index in [4.69, 9.17) is 0 Å². The van der Waals surface area contributed by atoms with E-state index in [1.807, 2.05) is 6.07 Å². The predicted molar refractivity (Wildman–Crippen MR) is 99.0 cm³/mol. The van der Waals surface area contributed by atoms with Gasteiger partial charge in [0.05, 0.1) is 0 Å². The first-order valence-electron chi connectivity index (χ1n) is 8.76. The van der Waals surface area contributed by atoms with E-state index in [9.17, 15) is 4.79 Å². The number of rotatable bonds is 7. The molecule has 1 saturated heterocycles. The molecule has 1 fully saturated rings. The van der Waals surface area contributed by atoms with Crippen LogP contribution in [-0.4, -0.2) is 24.5 Å². The highest BCUT2D eigenvalue weighted by atomic mass is 35.5. The Bertz CT molecular complexity index is 452. The van der Waals surface area contributed by atoms with Crippen LogP contribution in [0.1, 0.15) is 51.5 Å². The molecule has 0 bridgehead atoms. The topological polar surface area (TPSA) is 41.1 Å². The Labute approximate surface area is 147 Å². The number of aryl methyl sites for hydroxylation is 1. The van der Waals surface area contributed by atoms with Gasteiger partial charge in [-0.15, -0.1) is 12.4 Å². The first-order chi connectivity index (χ1) is 10.7. The van der Waals surface area contributed by atoms with Crippen molar-refractivity contribution in [1.82, 2.24) is 10.6 Å². The number of benzene rings is 1. The second-order valence-corrected chi connectivity index (χ2v) is 6.59. The van der Waals surface area contributed by atoms with E-state index in [1.54, 1.807) is 0 Å². The maximum atomic E-state index is 12.5. The van der Waals surface area contributed by atoms with Gasteiger partial charge in [-0.3, -0.25) is 4.79 Å². The minimum absolute atomic E-state index is 0. The first-order valence-corrected chi connectivity index (χ1v) is 8.76. The van der Waals surface area contributed by atoms with E-state index in [2.05, 4.69) is 48.7 Å². The van der Waals surface area contributed by atoms with E-state index in [-0.39, 0.29) is 24.2 Å². The van der Waals surface area contributed by atoms with E-state index in [0.29, 0.717) is 12.1 Å². The van der Waals surface area contributed by atoms with Crippen molar-refractivity contribution < 1.29 is 4.79 Å². The van der Waals surface area contributed by atoms with Crippen molar-refractivity contribution in [2.75, 3.05) is 6.54 Å². The Morgan fingerprint density at radius 1 is 1.30 bits per heavy atom. The van der Waals surface area contributed by atoms with Gasteiger partial charge in [0, 0.05) is 18.0 Å². The van der Waals surface area contributed by atoms with Crippen molar-refractivity contribution >= 4 is 18.3 Å². The van der Waals surface area contributed by atoms with Gasteiger partial charge in [-0.05, 0) is 51.1 Å². The molecule has 2 rings (SSSR count). The van der Waals surface area contributed by atoms with E-state index in [1.165, 1.54) is 5.56 Å². The quantitative estimate of drug-likeness (QED) is 0.795. The average molecular weight is 339 g/mol. The van der Waals surface area contributed by atoms with Gasteiger partial charge < -0.3 is 10.6 Å². The Hall–Kier alpha value is -1.06. The third-order valence-electron chi connectivity index (χ3n) is 4.60. The Kier molecular flexibility index (Phi) is 9.27. The summed E-state index contributed by atoms with van der Waals surface area (Å²) < 4.78 is 0. The highest BCUT2D eigenvalue weighted by molar-refractivity contribution is 5.85. The normalized spacial score (nSPS) is 22.0. The Morgan fingerprint density at radius 2 is 2.04 bits per heavy atom. The van der Waals surface area contributed by atoms with Crippen LogP contribution in [0.4, 0.5) is 0 Å². The van der Waals surface area contributed by atoms with Crippen molar-refractivity contribution in [1.29, 1.82) is 0 Å². The zero-order valence-corrected chi connectivity index (χ0v) is 15.2. The third-order valence-corrected chi connectivity index (χ3v) is 4.60. The fourth-order valence-electron chi connectivity index (χ4n) is 3.31. The van der Waals surface area contributed by atoms with Gasteiger partial charge in [0.2, 0.25) is 5.91 Å². The van der Waals surface area contributed by atoms with Crippen molar-refractivity contribution in [2.45, 2.75) is 64.5 Å². The molecule has 0 aromatic heterocycles.